The van der Waals surface area contributed by atoms with Crippen molar-refractivity contribution in [2.45, 2.75) is 24.9 Å². The molecule has 1 heterocycles. The summed E-state index contributed by atoms with van der Waals surface area (Å²) in [6.07, 6.45) is 3.20. The van der Waals surface area contributed by atoms with Crippen LogP contribution in [0.1, 0.15) is 34.8 Å². The lowest BCUT2D eigenvalue weighted by Gasteiger charge is -2.28. The molecular formula is C21H23ClN2O3S. The molecule has 2 aromatic carbocycles. The highest BCUT2D eigenvalue weighted by molar-refractivity contribution is 7.98. The number of carbonyl (C=O) groups is 2. The van der Waals surface area contributed by atoms with Crippen LogP contribution in [0.2, 0.25) is 5.02 Å². The van der Waals surface area contributed by atoms with Gasteiger partial charge in [-0.2, -0.15) is 11.8 Å². The molecule has 0 aliphatic carbocycles. The van der Waals surface area contributed by atoms with E-state index >= 15 is 0 Å². The summed E-state index contributed by atoms with van der Waals surface area (Å²) in [4.78, 5) is 25.6. The number of ether oxygens (including phenoxy) is 1. The molecule has 0 saturated heterocycles. The standard InChI is InChI=1S/C21H23ClN2O3S/c1-28-13-11-18(24-20(25)14-6-2-4-8-16(14)22)21(26)23-17-10-12-27-19-9-5-3-7-15(17)19/h2-9,17-18H,10-13H2,1H3,(H,23,26)(H,24,25)/t17-,18-/m1/s1. The lowest BCUT2D eigenvalue weighted by atomic mass is 10.00. The predicted molar refractivity (Wildman–Crippen MR) is 113 cm³/mol. The van der Waals surface area contributed by atoms with Crippen LogP contribution in [0.25, 0.3) is 0 Å². The molecular weight excluding hydrogens is 396 g/mol. The Morgan fingerprint density at radius 3 is 2.75 bits per heavy atom. The number of para-hydroxylation sites is 1. The maximum absolute atomic E-state index is 13.0. The van der Waals surface area contributed by atoms with Gasteiger partial charge >= 0.3 is 0 Å². The molecule has 2 amide bonds. The fourth-order valence-corrected chi connectivity index (χ4v) is 3.84. The zero-order valence-electron chi connectivity index (χ0n) is 15.6. The van der Waals surface area contributed by atoms with Crippen molar-refractivity contribution >= 4 is 35.2 Å². The highest BCUT2D eigenvalue weighted by atomic mass is 35.5. The van der Waals surface area contributed by atoms with Crippen LogP contribution >= 0.6 is 23.4 Å². The zero-order valence-corrected chi connectivity index (χ0v) is 17.2. The Balaban J connectivity index is 1.72. The summed E-state index contributed by atoms with van der Waals surface area (Å²) < 4.78 is 5.66. The number of thioether (sulfide) groups is 1. The maximum atomic E-state index is 13.0. The highest BCUT2D eigenvalue weighted by Crippen LogP contribution is 2.31. The molecule has 0 radical (unpaired) electrons. The summed E-state index contributed by atoms with van der Waals surface area (Å²) in [5.41, 5.74) is 1.32. The van der Waals surface area contributed by atoms with Gasteiger partial charge in [0.15, 0.2) is 0 Å². The second-order valence-electron chi connectivity index (χ2n) is 6.52. The van der Waals surface area contributed by atoms with Crippen LogP contribution < -0.4 is 15.4 Å². The quantitative estimate of drug-likeness (QED) is 0.717. The first kappa shape index (κ1) is 20.6. The molecule has 0 bridgehead atoms. The van der Waals surface area contributed by atoms with Gasteiger partial charge in [0.2, 0.25) is 5.91 Å². The molecule has 0 aromatic heterocycles. The minimum Gasteiger partial charge on any atom is -0.493 e. The molecule has 148 valence electrons. The van der Waals surface area contributed by atoms with E-state index in [1.165, 1.54) is 0 Å². The Bertz CT molecular complexity index is 846. The summed E-state index contributed by atoms with van der Waals surface area (Å²) in [6.45, 7) is 0.545. The number of benzene rings is 2. The number of amides is 2. The lowest BCUT2D eigenvalue weighted by Crippen LogP contribution is -2.48. The molecule has 2 aromatic rings. The van der Waals surface area contributed by atoms with Gasteiger partial charge in [-0.3, -0.25) is 9.59 Å². The van der Waals surface area contributed by atoms with Gasteiger partial charge in [0.05, 0.1) is 23.2 Å². The minimum absolute atomic E-state index is 0.133. The fourth-order valence-electron chi connectivity index (χ4n) is 3.15. The summed E-state index contributed by atoms with van der Waals surface area (Å²) in [5.74, 6) is 1.00. The van der Waals surface area contributed by atoms with Crippen LogP contribution in [0.5, 0.6) is 5.75 Å². The molecule has 0 saturated carbocycles. The molecule has 0 fully saturated rings. The van der Waals surface area contributed by atoms with E-state index in [9.17, 15) is 9.59 Å². The Morgan fingerprint density at radius 2 is 1.96 bits per heavy atom. The van der Waals surface area contributed by atoms with E-state index in [2.05, 4.69) is 10.6 Å². The number of carbonyl (C=O) groups excluding carboxylic acids is 2. The van der Waals surface area contributed by atoms with E-state index in [4.69, 9.17) is 16.3 Å². The van der Waals surface area contributed by atoms with Gasteiger partial charge in [-0.05, 0) is 36.6 Å². The van der Waals surface area contributed by atoms with Crippen LogP contribution in [0.3, 0.4) is 0 Å². The fraction of sp³-hybridized carbons (Fsp3) is 0.333. The van der Waals surface area contributed by atoms with Gasteiger partial charge in [-0.1, -0.05) is 41.9 Å². The maximum Gasteiger partial charge on any atom is 0.253 e. The molecule has 2 atom stereocenters. The number of hydrogen-bond donors (Lipinski definition) is 2. The van der Waals surface area contributed by atoms with Crippen molar-refractivity contribution in [1.82, 2.24) is 10.6 Å². The van der Waals surface area contributed by atoms with Crippen molar-refractivity contribution < 1.29 is 14.3 Å². The van der Waals surface area contributed by atoms with E-state index in [-0.39, 0.29) is 17.9 Å². The zero-order chi connectivity index (χ0) is 19.9. The Morgan fingerprint density at radius 1 is 1.21 bits per heavy atom. The minimum atomic E-state index is -0.633. The smallest absolute Gasteiger partial charge is 0.253 e. The number of fused-ring (bicyclic) bond motifs is 1. The highest BCUT2D eigenvalue weighted by Gasteiger charge is 2.27. The molecule has 1 aliphatic heterocycles. The van der Waals surface area contributed by atoms with Crippen LogP contribution in [0, 0.1) is 0 Å². The molecule has 1 aliphatic rings. The van der Waals surface area contributed by atoms with Crippen LogP contribution in [-0.2, 0) is 4.79 Å². The molecule has 2 N–H and O–H groups in total. The third-order valence-electron chi connectivity index (χ3n) is 4.63. The molecule has 7 heteroatoms. The van der Waals surface area contributed by atoms with Crippen molar-refractivity contribution in [3.05, 3.63) is 64.7 Å². The Kier molecular flexibility index (Phi) is 7.23. The van der Waals surface area contributed by atoms with Gasteiger partial charge in [-0.25, -0.2) is 0 Å². The molecule has 0 unspecified atom stereocenters. The van der Waals surface area contributed by atoms with Crippen molar-refractivity contribution in [2.24, 2.45) is 0 Å². The van der Waals surface area contributed by atoms with Crippen molar-refractivity contribution in [3.63, 3.8) is 0 Å². The number of rotatable bonds is 7. The summed E-state index contributed by atoms with van der Waals surface area (Å²) in [6, 6.07) is 13.7. The number of halogens is 1. The number of nitrogens with one attached hydrogen (secondary N) is 2. The molecule has 5 nitrogen and oxygen atoms in total. The van der Waals surface area contributed by atoms with Gasteiger partial charge < -0.3 is 15.4 Å². The van der Waals surface area contributed by atoms with E-state index in [1.54, 1.807) is 36.0 Å². The monoisotopic (exact) mass is 418 g/mol. The van der Waals surface area contributed by atoms with E-state index in [1.807, 2.05) is 30.5 Å². The predicted octanol–water partition coefficient (Wildman–Crippen LogP) is 3.83. The number of hydrogen-bond acceptors (Lipinski definition) is 4. The van der Waals surface area contributed by atoms with E-state index < -0.39 is 6.04 Å². The molecule has 0 spiro atoms. The average molecular weight is 419 g/mol. The summed E-state index contributed by atoms with van der Waals surface area (Å²) in [5, 5.41) is 6.29. The van der Waals surface area contributed by atoms with E-state index in [0.29, 0.717) is 30.0 Å². The van der Waals surface area contributed by atoms with Crippen molar-refractivity contribution in [3.8, 4) is 5.75 Å². The Hall–Kier alpha value is -2.18. The van der Waals surface area contributed by atoms with Gasteiger partial charge in [-0.15, -0.1) is 0 Å². The molecule has 3 rings (SSSR count). The van der Waals surface area contributed by atoms with Gasteiger partial charge in [0, 0.05) is 12.0 Å². The van der Waals surface area contributed by atoms with Gasteiger partial charge in [0.25, 0.3) is 5.91 Å². The van der Waals surface area contributed by atoms with Crippen molar-refractivity contribution in [1.29, 1.82) is 0 Å². The second kappa shape index (κ2) is 9.85. The first-order valence-electron chi connectivity index (χ1n) is 9.16. The first-order valence-corrected chi connectivity index (χ1v) is 10.9. The Labute approximate surface area is 174 Å². The third-order valence-corrected chi connectivity index (χ3v) is 5.60. The lowest BCUT2D eigenvalue weighted by molar-refractivity contribution is -0.124. The third kappa shape index (κ3) is 5.00. The van der Waals surface area contributed by atoms with Crippen LogP contribution in [0.4, 0.5) is 0 Å². The summed E-state index contributed by atoms with van der Waals surface area (Å²) >= 11 is 7.75. The SMILES string of the molecule is CSCC[C@@H](NC(=O)c1ccccc1Cl)C(=O)N[C@@H]1CCOc2ccccc21. The first-order chi connectivity index (χ1) is 13.6. The van der Waals surface area contributed by atoms with Gasteiger partial charge in [0.1, 0.15) is 11.8 Å². The van der Waals surface area contributed by atoms with Crippen molar-refractivity contribution in [2.75, 3.05) is 18.6 Å². The average Bonchev–Trinajstić information content (AvgIpc) is 2.71. The van der Waals surface area contributed by atoms with Crippen LogP contribution in [-0.4, -0.2) is 36.5 Å². The second-order valence-corrected chi connectivity index (χ2v) is 7.92. The largest absolute Gasteiger partial charge is 0.493 e. The summed E-state index contributed by atoms with van der Waals surface area (Å²) in [7, 11) is 0. The van der Waals surface area contributed by atoms with Crippen LogP contribution in [0.15, 0.2) is 48.5 Å². The normalized spacial score (nSPS) is 16.4. The van der Waals surface area contributed by atoms with E-state index in [0.717, 1.165) is 17.1 Å². The topological polar surface area (TPSA) is 67.4 Å². The molecule has 28 heavy (non-hydrogen) atoms.